The molecule has 0 amide bonds. The smallest absolute Gasteiger partial charge is 0.406 e. The van der Waals surface area contributed by atoms with E-state index in [1.807, 2.05) is 6.07 Å². The van der Waals surface area contributed by atoms with Crippen LogP contribution in [0.2, 0.25) is 0 Å². The van der Waals surface area contributed by atoms with E-state index < -0.39 is 12.1 Å². The second-order valence-electron chi connectivity index (χ2n) is 5.50. The fourth-order valence-electron chi connectivity index (χ4n) is 3.14. The molecule has 0 bridgehead atoms. The van der Waals surface area contributed by atoms with Gasteiger partial charge in [-0.2, -0.15) is 0 Å². The van der Waals surface area contributed by atoms with Crippen molar-refractivity contribution in [3.63, 3.8) is 0 Å². The molecule has 2 aliphatic rings. The molecule has 1 saturated carbocycles. The Morgan fingerprint density at radius 3 is 2.38 bits per heavy atom. The van der Waals surface area contributed by atoms with Crippen LogP contribution in [0.3, 0.4) is 0 Å². The van der Waals surface area contributed by atoms with Gasteiger partial charge in [-0.1, -0.05) is 12.1 Å². The monoisotopic (exact) mass is 302 g/mol. The summed E-state index contributed by atoms with van der Waals surface area (Å²) in [7, 11) is 0. The first kappa shape index (κ1) is 14.7. The highest BCUT2D eigenvalue weighted by Crippen LogP contribution is 2.42. The van der Waals surface area contributed by atoms with Crippen LogP contribution < -0.4 is 4.74 Å². The van der Waals surface area contributed by atoms with E-state index in [1.54, 1.807) is 6.07 Å². The standard InChI is InChI=1S/C15H17F3O3/c16-15(17,18)21-13-3-1-2-12(10-13)11-4-6-14(7-5-11)19-8-9-20-14/h1-3,10-11H,4-9H2. The van der Waals surface area contributed by atoms with Crippen LogP contribution in [0.15, 0.2) is 24.3 Å². The topological polar surface area (TPSA) is 27.7 Å². The molecule has 0 atom stereocenters. The molecule has 3 nitrogen and oxygen atoms in total. The van der Waals surface area contributed by atoms with Gasteiger partial charge in [0.05, 0.1) is 13.2 Å². The Morgan fingerprint density at radius 1 is 1.10 bits per heavy atom. The summed E-state index contributed by atoms with van der Waals surface area (Å²) >= 11 is 0. The molecule has 0 radical (unpaired) electrons. The van der Waals surface area contributed by atoms with Gasteiger partial charge in [-0.3, -0.25) is 0 Å². The largest absolute Gasteiger partial charge is 0.573 e. The molecule has 1 aromatic carbocycles. The van der Waals surface area contributed by atoms with Gasteiger partial charge in [-0.05, 0) is 36.5 Å². The molecule has 21 heavy (non-hydrogen) atoms. The second kappa shape index (κ2) is 5.50. The first-order valence-electron chi connectivity index (χ1n) is 7.09. The minimum absolute atomic E-state index is 0.159. The molecule has 0 unspecified atom stereocenters. The Kier molecular flexibility index (Phi) is 3.84. The summed E-state index contributed by atoms with van der Waals surface area (Å²) in [6.07, 6.45) is -1.41. The van der Waals surface area contributed by atoms with Gasteiger partial charge in [0.15, 0.2) is 5.79 Å². The molecular weight excluding hydrogens is 285 g/mol. The van der Waals surface area contributed by atoms with Gasteiger partial charge in [0.25, 0.3) is 0 Å². The SMILES string of the molecule is FC(F)(F)Oc1cccc(C2CCC3(CC2)OCCO3)c1. The average molecular weight is 302 g/mol. The number of hydrogen-bond acceptors (Lipinski definition) is 3. The second-order valence-corrected chi connectivity index (χ2v) is 5.50. The summed E-state index contributed by atoms with van der Waals surface area (Å²) in [5, 5.41) is 0. The van der Waals surface area contributed by atoms with Crippen molar-refractivity contribution in [3.05, 3.63) is 29.8 Å². The van der Waals surface area contributed by atoms with Gasteiger partial charge in [-0.25, -0.2) is 0 Å². The molecule has 0 aromatic heterocycles. The first-order chi connectivity index (χ1) is 9.96. The zero-order valence-electron chi connectivity index (χ0n) is 11.5. The molecule has 1 spiro atoms. The predicted octanol–water partition coefficient (Wildman–Crippen LogP) is 3.99. The zero-order chi connectivity index (χ0) is 14.9. The highest BCUT2D eigenvalue weighted by Gasteiger charge is 2.40. The number of ether oxygens (including phenoxy) is 3. The predicted molar refractivity (Wildman–Crippen MR) is 69.0 cm³/mol. The van der Waals surface area contributed by atoms with E-state index in [9.17, 15) is 13.2 Å². The maximum Gasteiger partial charge on any atom is 0.573 e. The zero-order valence-corrected chi connectivity index (χ0v) is 11.5. The molecule has 116 valence electrons. The van der Waals surface area contributed by atoms with Gasteiger partial charge in [0.2, 0.25) is 0 Å². The highest BCUT2D eigenvalue weighted by molar-refractivity contribution is 5.31. The van der Waals surface area contributed by atoms with Crippen molar-refractivity contribution in [1.29, 1.82) is 0 Å². The quantitative estimate of drug-likeness (QED) is 0.827. The molecule has 1 aliphatic heterocycles. The van der Waals surface area contributed by atoms with Crippen molar-refractivity contribution in [2.24, 2.45) is 0 Å². The van der Waals surface area contributed by atoms with Gasteiger partial charge < -0.3 is 14.2 Å². The average Bonchev–Trinajstić information content (AvgIpc) is 2.86. The molecule has 6 heteroatoms. The van der Waals surface area contributed by atoms with Crippen LogP contribution in [0.25, 0.3) is 0 Å². The van der Waals surface area contributed by atoms with Crippen LogP contribution >= 0.6 is 0 Å². The molecule has 1 aromatic rings. The first-order valence-corrected chi connectivity index (χ1v) is 7.09. The summed E-state index contributed by atoms with van der Waals surface area (Å²) in [5.41, 5.74) is 0.879. The fourth-order valence-corrected chi connectivity index (χ4v) is 3.14. The molecule has 1 saturated heterocycles. The van der Waals surface area contributed by atoms with Gasteiger partial charge >= 0.3 is 6.36 Å². The lowest BCUT2D eigenvalue weighted by Gasteiger charge is -2.35. The highest BCUT2D eigenvalue weighted by atomic mass is 19.4. The number of benzene rings is 1. The summed E-state index contributed by atoms with van der Waals surface area (Å²) in [6, 6.07) is 6.25. The Labute approximate surface area is 121 Å². The van der Waals surface area contributed by atoms with Crippen LogP contribution in [0.4, 0.5) is 13.2 Å². The number of rotatable bonds is 2. The van der Waals surface area contributed by atoms with E-state index in [0.717, 1.165) is 31.2 Å². The molecule has 1 heterocycles. The number of hydrogen-bond donors (Lipinski definition) is 0. The van der Waals surface area contributed by atoms with Gasteiger partial charge in [0, 0.05) is 12.8 Å². The third-order valence-corrected chi connectivity index (χ3v) is 4.12. The normalized spacial score (nSPS) is 22.6. The maximum absolute atomic E-state index is 12.3. The Balaban J connectivity index is 1.66. The van der Waals surface area contributed by atoms with Crippen LogP contribution in [0.5, 0.6) is 5.75 Å². The summed E-state index contributed by atoms with van der Waals surface area (Å²) < 4.78 is 52.1. The molecular formula is C15H17F3O3. The van der Waals surface area contributed by atoms with Crippen LogP contribution in [0, 0.1) is 0 Å². The maximum atomic E-state index is 12.3. The van der Waals surface area contributed by atoms with E-state index in [2.05, 4.69) is 4.74 Å². The van der Waals surface area contributed by atoms with Gasteiger partial charge in [-0.15, -0.1) is 13.2 Å². The third kappa shape index (κ3) is 3.49. The lowest BCUT2D eigenvalue weighted by atomic mass is 9.81. The molecule has 0 N–H and O–H groups in total. The van der Waals surface area contributed by atoms with Gasteiger partial charge in [0.1, 0.15) is 5.75 Å². The van der Waals surface area contributed by atoms with Crippen molar-refractivity contribution < 1.29 is 27.4 Å². The fraction of sp³-hybridized carbons (Fsp3) is 0.600. The molecule has 1 aliphatic carbocycles. The lowest BCUT2D eigenvalue weighted by Crippen LogP contribution is -2.34. The Hall–Kier alpha value is -1.27. The Bertz CT molecular complexity index is 485. The van der Waals surface area contributed by atoms with E-state index in [0.29, 0.717) is 13.2 Å². The van der Waals surface area contributed by atoms with Crippen molar-refractivity contribution in [2.45, 2.75) is 43.8 Å². The van der Waals surface area contributed by atoms with E-state index in [1.165, 1.54) is 12.1 Å². The minimum atomic E-state index is -4.65. The molecule has 2 fully saturated rings. The van der Waals surface area contributed by atoms with Crippen molar-refractivity contribution in [3.8, 4) is 5.75 Å². The van der Waals surface area contributed by atoms with E-state index in [4.69, 9.17) is 9.47 Å². The van der Waals surface area contributed by atoms with Crippen molar-refractivity contribution >= 4 is 0 Å². The summed E-state index contributed by atoms with van der Waals surface area (Å²) in [5.74, 6) is -0.384. The van der Waals surface area contributed by atoms with Crippen molar-refractivity contribution in [1.82, 2.24) is 0 Å². The third-order valence-electron chi connectivity index (χ3n) is 4.12. The minimum Gasteiger partial charge on any atom is -0.406 e. The molecule has 3 rings (SSSR count). The lowest BCUT2D eigenvalue weighted by molar-refractivity contribution is -0.274. The van der Waals surface area contributed by atoms with Crippen LogP contribution in [0.1, 0.15) is 37.2 Å². The summed E-state index contributed by atoms with van der Waals surface area (Å²) in [6.45, 7) is 1.25. The van der Waals surface area contributed by atoms with E-state index >= 15 is 0 Å². The summed E-state index contributed by atoms with van der Waals surface area (Å²) in [4.78, 5) is 0. The number of halogens is 3. The Morgan fingerprint density at radius 2 is 1.76 bits per heavy atom. The van der Waals surface area contributed by atoms with Crippen molar-refractivity contribution in [2.75, 3.05) is 13.2 Å². The number of alkyl halides is 3. The van der Waals surface area contributed by atoms with Crippen LogP contribution in [-0.4, -0.2) is 25.4 Å². The van der Waals surface area contributed by atoms with E-state index in [-0.39, 0.29) is 11.7 Å². The van der Waals surface area contributed by atoms with Crippen LogP contribution in [-0.2, 0) is 9.47 Å².